The highest BCUT2D eigenvalue weighted by molar-refractivity contribution is 6.30. The molecule has 1 heterocycles. The summed E-state index contributed by atoms with van der Waals surface area (Å²) < 4.78 is 16.0. The number of likely N-dealkylation sites (tertiary alicyclic amines) is 1. The number of halogens is 1. The zero-order valence-corrected chi connectivity index (χ0v) is 18.0. The summed E-state index contributed by atoms with van der Waals surface area (Å²) >= 11 is 5.89. The molecule has 1 aliphatic rings. The molecule has 0 atom stereocenters. The van der Waals surface area contributed by atoms with Crippen LogP contribution in [0.2, 0.25) is 5.02 Å². The van der Waals surface area contributed by atoms with Gasteiger partial charge in [0.25, 0.3) is 5.91 Å². The third kappa shape index (κ3) is 4.79. The van der Waals surface area contributed by atoms with E-state index in [4.69, 9.17) is 25.8 Å². The van der Waals surface area contributed by atoms with E-state index >= 15 is 0 Å². The summed E-state index contributed by atoms with van der Waals surface area (Å²) in [6.07, 6.45) is 1.19. The maximum atomic E-state index is 12.8. The highest BCUT2D eigenvalue weighted by Crippen LogP contribution is 2.40. The van der Waals surface area contributed by atoms with Crippen LogP contribution in [0, 0.1) is 5.92 Å². The van der Waals surface area contributed by atoms with E-state index in [0.29, 0.717) is 59.5 Å². The van der Waals surface area contributed by atoms with E-state index in [-0.39, 0.29) is 17.7 Å². The third-order valence-electron chi connectivity index (χ3n) is 5.18. The van der Waals surface area contributed by atoms with E-state index < -0.39 is 0 Å². The molecule has 0 aliphatic carbocycles. The van der Waals surface area contributed by atoms with E-state index in [1.807, 2.05) is 0 Å². The first-order valence-electron chi connectivity index (χ1n) is 9.62. The summed E-state index contributed by atoms with van der Waals surface area (Å²) in [7, 11) is 4.57. The molecule has 7 nitrogen and oxygen atoms in total. The van der Waals surface area contributed by atoms with E-state index in [0.717, 1.165) is 0 Å². The van der Waals surface area contributed by atoms with Crippen molar-refractivity contribution in [1.29, 1.82) is 0 Å². The van der Waals surface area contributed by atoms with Gasteiger partial charge < -0.3 is 24.4 Å². The fourth-order valence-electron chi connectivity index (χ4n) is 3.52. The Labute approximate surface area is 180 Å². The number of nitrogens with one attached hydrogen (secondary N) is 1. The highest BCUT2D eigenvalue weighted by atomic mass is 35.5. The van der Waals surface area contributed by atoms with Crippen LogP contribution in [0.25, 0.3) is 0 Å². The summed E-state index contributed by atoms with van der Waals surface area (Å²) in [5, 5.41) is 3.51. The number of anilines is 1. The lowest BCUT2D eigenvalue weighted by Gasteiger charge is -2.31. The Morgan fingerprint density at radius 1 is 0.967 bits per heavy atom. The fourth-order valence-corrected chi connectivity index (χ4v) is 3.64. The molecule has 30 heavy (non-hydrogen) atoms. The Bertz CT molecular complexity index is 883. The number of rotatable bonds is 6. The van der Waals surface area contributed by atoms with Gasteiger partial charge in [0.1, 0.15) is 0 Å². The van der Waals surface area contributed by atoms with Gasteiger partial charge in [0.05, 0.1) is 21.3 Å². The molecule has 2 aromatic carbocycles. The molecule has 2 aromatic rings. The number of nitrogens with zero attached hydrogens (tertiary/aromatic N) is 1. The number of carbonyl (C=O) groups is 2. The molecule has 3 rings (SSSR count). The van der Waals surface area contributed by atoms with E-state index in [9.17, 15) is 9.59 Å². The van der Waals surface area contributed by atoms with Crippen molar-refractivity contribution >= 4 is 29.1 Å². The molecule has 0 saturated carbocycles. The topological polar surface area (TPSA) is 77.1 Å². The lowest BCUT2D eigenvalue weighted by Crippen LogP contribution is -2.41. The average molecular weight is 433 g/mol. The van der Waals surface area contributed by atoms with Gasteiger partial charge in [-0.2, -0.15) is 0 Å². The van der Waals surface area contributed by atoms with Crippen molar-refractivity contribution in [1.82, 2.24) is 4.90 Å². The van der Waals surface area contributed by atoms with Crippen molar-refractivity contribution in [3.05, 3.63) is 47.0 Å². The number of amides is 2. The molecule has 0 unspecified atom stereocenters. The molecule has 0 bridgehead atoms. The van der Waals surface area contributed by atoms with Gasteiger partial charge in [-0.15, -0.1) is 0 Å². The molecule has 0 spiro atoms. The molecule has 1 aliphatic heterocycles. The van der Waals surface area contributed by atoms with Crippen molar-refractivity contribution in [2.45, 2.75) is 12.8 Å². The Balaban J connectivity index is 1.62. The number of piperidine rings is 1. The van der Waals surface area contributed by atoms with E-state index in [1.165, 1.54) is 21.3 Å². The van der Waals surface area contributed by atoms with Crippen molar-refractivity contribution in [2.75, 3.05) is 39.7 Å². The zero-order chi connectivity index (χ0) is 21.7. The number of carbonyl (C=O) groups excluding carboxylic acids is 2. The Morgan fingerprint density at radius 3 is 2.03 bits per heavy atom. The van der Waals surface area contributed by atoms with Crippen LogP contribution in [-0.2, 0) is 4.79 Å². The lowest BCUT2D eigenvalue weighted by atomic mass is 9.95. The number of hydrogen-bond donors (Lipinski definition) is 1. The summed E-state index contributed by atoms with van der Waals surface area (Å²) in [6.45, 7) is 1.05. The van der Waals surface area contributed by atoms with Gasteiger partial charge in [-0.3, -0.25) is 9.59 Å². The van der Waals surface area contributed by atoms with Gasteiger partial charge in [0.15, 0.2) is 11.5 Å². The molecule has 1 fully saturated rings. The van der Waals surface area contributed by atoms with Crippen molar-refractivity contribution in [2.24, 2.45) is 5.92 Å². The molecule has 1 N–H and O–H groups in total. The van der Waals surface area contributed by atoms with E-state index in [1.54, 1.807) is 41.3 Å². The Morgan fingerprint density at radius 2 is 1.53 bits per heavy atom. The van der Waals surface area contributed by atoms with Crippen LogP contribution in [0.4, 0.5) is 5.69 Å². The molecule has 2 amide bonds. The second-order valence-corrected chi connectivity index (χ2v) is 7.41. The second kappa shape index (κ2) is 9.71. The normalized spacial score (nSPS) is 14.2. The summed E-state index contributed by atoms with van der Waals surface area (Å²) in [5.41, 5.74) is 1.16. The SMILES string of the molecule is COc1cc(NC(=O)C2CCN(C(=O)c3ccc(Cl)cc3)CC2)cc(OC)c1OC. The quantitative estimate of drug-likeness (QED) is 0.750. The van der Waals surface area contributed by atoms with Gasteiger partial charge in [-0.1, -0.05) is 11.6 Å². The largest absolute Gasteiger partial charge is 0.493 e. The van der Waals surface area contributed by atoms with Crippen LogP contribution < -0.4 is 19.5 Å². The minimum Gasteiger partial charge on any atom is -0.493 e. The maximum absolute atomic E-state index is 12.8. The zero-order valence-electron chi connectivity index (χ0n) is 17.2. The van der Waals surface area contributed by atoms with E-state index in [2.05, 4.69) is 5.32 Å². The lowest BCUT2D eigenvalue weighted by molar-refractivity contribution is -0.121. The van der Waals surface area contributed by atoms with Gasteiger partial charge in [-0.05, 0) is 37.1 Å². The first-order chi connectivity index (χ1) is 14.5. The summed E-state index contributed by atoms with van der Waals surface area (Å²) in [6, 6.07) is 10.2. The van der Waals surface area contributed by atoms with Crippen LogP contribution >= 0.6 is 11.6 Å². The first-order valence-corrected chi connectivity index (χ1v) is 10.00. The van der Waals surface area contributed by atoms with Crippen molar-refractivity contribution < 1.29 is 23.8 Å². The molecule has 160 valence electrons. The number of methoxy groups -OCH3 is 3. The van der Waals surface area contributed by atoms with Crippen LogP contribution in [-0.4, -0.2) is 51.1 Å². The van der Waals surface area contributed by atoms with Crippen molar-refractivity contribution in [3.8, 4) is 17.2 Å². The molecule has 0 radical (unpaired) electrons. The monoisotopic (exact) mass is 432 g/mol. The summed E-state index contributed by atoms with van der Waals surface area (Å²) in [4.78, 5) is 27.2. The van der Waals surface area contributed by atoms with Crippen LogP contribution in [0.5, 0.6) is 17.2 Å². The number of hydrogen-bond acceptors (Lipinski definition) is 5. The van der Waals surface area contributed by atoms with Gasteiger partial charge in [0.2, 0.25) is 11.7 Å². The molecule has 8 heteroatoms. The maximum Gasteiger partial charge on any atom is 0.253 e. The molecule has 0 aromatic heterocycles. The van der Waals surface area contributed by atoms with Crippen LogP contribution in [0.15, 0.2) is 36.4 Å². The molecular formula is C22H25ClN2O5. The molecular weight excluding hydrogens is 408 g/mol. The van der Waals surface area contributed by atoms with Crippen molar-refractivity contribution in [3.63, 3.8) is 0 Å². The summed E-state index contributed by atoms with van der Waals surface area (Å²) in [5.74, 6) is 1.08. The third-order valence-corrected chi connectivity index (χ3v) is 5.43. The minimum absolute atomic E-state index is 0.0462. The smallest absolute Gasteiger partial charge is 0.253 e. The second-order valence-electron chi connectivity index (χ2n) is 6.98. The highest BCUT2D eigenvalue weighted by Gasteiger charge is 2.28. The number of benzene rings is 2. The van der Waals surface area contributed by atoms with Crippen LogP contribution in [0.1, 0.15) is 23.2 Å². The van der Waals surface area contributed by atoms with Gasteiger partial charge in [0, 0.05) is 47.4 Å². The van der Waals surface area contributed by atoms with Crippen LogP contribution in [0.3, 0.4) is 0 Å². The predicted molar refractivity (Wildman–Crippen MR) is 115 cm³/mol. The minimum atomic E-state index is -0.182. The number of ether oxygens (including phenoxy) is 3. The predicted octanol–water partition coefficient (Wildman–Crippen LogP) is 3.86. The standard InChI is InChI=1S/C22H25ClN2O5/c1-28-18-12-17(13-19(29-2)20(18)30-3)24-21(26)14-8-10-25(11-9-14)22(27)15-4-6-16(23)7-5-15/h4-7,12-14H,8-11H2,1-3H3,(H,24,26). The first kappa shape index (κ1) is 21.8. The average Bonchev–Trinajstić information content (AvgIpc) is 2.78. The molecule has 1 saturated heterocycles. The Hall–Kier alpha value is -2.93. The van der Waals surface area contributed by atoms with Gasteiger partial charge in [-0.25, -0.2) is 0 Å². The van der Waals surface area contributed by atoms with Gasteiger partial charge >= 0.3 is 0 Å². The Kier molecular flexibility index (Phi) is 7.05. The fraction of sp³-hybridized carbons (Fsp3) is 0.364.